The first-order valence-electron chi connectivity index (χ1n) is 5.24. The molecule has 1 rings (SSSR count). The van der Waals surface area contributed by atoms with Gasteiger partial charge in [0.25, 0.3) is 0 Å². The largest absolute Gasteiger partial charge is 0.242 e. The molecule has 1 N–H and O–H groups in total. The number of hydrogen-bond donors (Lipinski definition) is 1. The highest BCUT2D eigenvalue weighted by Crippen LogP contribution is 2.19. The SMILES string of the molecule is C#C[C@@H](NS(=O)C(C)(C)C)c1ccc(Br)cc1. The molecule has 1 aromatic carbocycles. The van der Waals surface area contributed by atoms with Gasteiger partial charge in [-0.2, -0.15) is 0 Å². The zero-order chi connectivity index (χ0) is 13.1. The van der Waals surface area contributed by atoms with Gasteiger partial charge in [-0.25, -0.2) is 8.93 Å². The second-order valence-corrected chi connectivity index (χ2v) is 7.56. The Labute approximate surface area is 114 Å². The van der Waals surface area contributed by atoms with Gasteiger partial charge in [-0.15, -0.1) is 6.42 Å². The third-order valence-corrected chi connectivity index (χ3v) is 4.24. The number of hydrogen-bond acceptors (Lipinski definition) is 1. The van der Waals surface area contributed by atoms with E-state index in [0.717, 1.165) is 10.0 Å². The van der Waals surface area contributed by atoms with Crippen LogP contribution in [0, 0.1) is 12.3 Å². The summed E-state index contributed by atoms with van der Waals surface area (Å²) in [6, 6.07) is 7.34. The second kappa shape index (κ2) is 5.81. The van der Waals surface area contributed by atoms with Gasteiger partial charge in [0, 0.05) is 4.47 Å². The molecule has 1 aromatic rings. The predicted molar refractivity (Wildman–Crippen MR) is 76.7 cm³/mol. The van der Waals surface area contributed by atoms with E-state index in [9.17, 15) is 4.21 Å². The van der Waals surface area contributed by atoms with E-state index in [1.807, 2.05) is 45.0 Å². The monoisotopic (exact) mass is 313 g/mol. The van der Waals surface area contributed by atoms with Crippen molar-refractivity contribution in [1.82, 2.24) is 4.72 Å². The fourth-order valence-corrected chi connectivity index (χ4v) is 2.17. The maximum atomic E-state index is 12.0. The van der Waals surface area contributed by atoms with Gasteiger partial charge in [-0.1, -0.05) is 34.0 Å². The molecule has 0 bridgehead atoms. The van der Waals surface area contributed by atoms with Crippen LogP contribution < -0.4 is 4.72 Å². The summed E-state index contributed by atoms with van der Waals surface area (Å²) >= 11 is 3.37. The summed E-state index contributed by atoms with van der Waals surface area (Å²) < 4.78 is 15.6. The summed E-state index contributed by atoms with van der Waals surface area (Å²) in [5, 5.41) is 0. The molecule has 2 nitrogen and oxygen atoms in total. The van der Waals surface area contributed by atoms with Crippen LogP contribution in [0.15, 0.2) is 28.7 Å². The van der Waals surface area contributed by atoms with Gasteiger partial charge >= 0.3 is 0 Å². The number of halogens is 1. The van der Waals surface area contributed by atoms with Crippen molar-refractivity contribution < 1.29 is 4.21 Å². The summed E-state index contributed by atoms with van der Waals surface area (Å²) in [6.07, 6.45) is 5.48. The lowest BCUT2D eigenvalue weighted by molar-refractivity contribution is 0.629. The van der Waals surface area contributed by atoms with Crippen molar-refractivity contribution in [3.8, 4) is 12.3 Å². The van der Waals surface area contributed by atoms with Gasteiger partial charge in [-0.3, -0.25) is 0 Å². The number of nitrogens with one attached hydrogen (secondary N) is 1. The van der Waals surface area contributed by atoms with Crippen molar-refractivity contribution in [2.75, 3.05) is 0 Å². The summed E-state index contributed by atoms with van der Waals surface area (Å²) in [4.78, 5) is 0. The topological polar surface area (TPSA) is 29.1 Å². The van der Waals surface area contributed by atoms with Crippen LogP contribution in [0.25, 0.3) is 0 Å². The Bertz CT molecular complexity index is 442. The van der Waals surface area contributed by atoms with Crippen molar-refractivity contribution in [2.24, 2.45) is 0 Å². The van der Waals surface area contributed by atoms with E-state index in [1.54, 1.807) is 0 Å². The third kappa shape index (κ3) is 4.27. The molecule has 0 fully saturated rings. The molecule has 92 valence electrons. The van der Waals surface area contributed by atoms with Crippen molar-refractivity contribution in [2.45, 2.75) is 31.6 Å². The van der Waals surface area contributed by atoms with Crippen LogP contribution in [0.4, 0.5) is 0 Å². The minimum absolute atomic E-state index is 0.329. The highest BCUT2D eigenvalue weighted by atomic mass is 79.9. The molecule has 0 radical (unpaired) electrons. The molecule has 0 aliphatic rings. The molecule has 0 saturated carbocycles. The van der Waals surface area contributed by atoms with Gasteiger partial charge in [0.1, 0.15) is 6.04 Å². The van der Waals surface area contributed by atoms with Gasteiger partial charge in [0.15, 0.2) is 0 Å². The minimum Gasteiger partial charge on any atom is -0.242 e. The molecule has 0 aliphatic carbocycles. The van der Waals surface area contributed by atoms with Gasteiger partial charge in [0.05, 0.1) is 15.7 Å². The zero-order valence-corrected chi connectivity index (χ0v) is 12.6. The van der Waals surface area contributed by atoms with Crippen LogP contribution in [-0.4, -0.2) is 8.96 Å². The Morgan fingerprint density at radius 1 is 1.35 bits per heavy atom. The molecule has 2 atom stereocenters. The molecule has 17 heavy (non-hydrogen) atoms. The van der Waals surface area contributed by atoms with Crippen LogP contribution in [0.5, 0.6) is 0 Å². The Hall–Kier alpha value is -0.630. The van der Waals surface area contributed by atoms with Gasteiger partial charge in [0.2, 0.25) is 0 Å². The Kier molecular flexibility index (Phi) is 4.93. The number of terminal acetylenes is 1. The van der Waals surface area contributed by atoms with E-state index in [4.69, 9.17) is 6.42 Å². The first-order valence-corrected chi connectivity index (χ1v) is 7.18. The first-order chi connectivity index (χ1) is 7.84. The van der Waals surface area contributed by atoms with E-state index in [2.05, 4.69) is 26.6 Å². The Morgan fingerprint density at radius 3 is 2.29 bits per heavy atom. The smallest absolute Gasteiger partial charge is 0.105 e. The van der Waals surface area contributed by atoms with Crippen LogP contribution in [0.2, 0.25) is 0 Å². The van der Waals surface area contributed by atoms with E-state index in [1.165, 1.54) is 0 Å². The minimum atomic E-state index is -1.18. The Balaban J connectivity index is 2.84. The average molecular weight is 314 g/mol. The van der Waals surface area contributed by atoms with Crippen LogP contribution in [-0.2, 0) is 11.0 Å². The highest BCUT2D eigenvalue weighted by molar-refractivity contribution is 9.10. The molecular weight excluding hydrogens is 298 g/mol. The lowest BCUT2D eigenvalue weighted by atomic mass is 10.1. The maximum Gasteiger partial charge on any atom is 0.105 e. The number of benzene rings is 1. The quantitative estimate of drug-likeness (QED) is 0.853. The molecule has 0 spiro atoms. The maximum absolute atomic E-state index is 12.0. The molecule has 0 aliphatic heterocycles. The highest BCUT2D eigenvalue weighted by Gasteiger charge is 2.22. The van der Waals surface area contributed by atoms with Crippen LogP contribution in [0.1, 0.15) is 32.4 Å². The fraction of sp³-hybridized carbons (Fsp3) is 0.385. The Morgan fingerprint density at radius 2 is 1.88 bits per heavy atom. The average Bonchev–Trinajstić information content (AvgIpc) is 2.25. The predicted octanol–water partition coefficient (Wildman–Crippen LogP) is 3.18. The van der Waals surface area contributed by atoms with Gasteiger partial charge in [-0.05, 0) is 38.5 Å². The van der Waals surface area contributed by atoms with E-state index >= 15 is 0 Å². The molecule has 0 saturated heterocycles. The lowest BCUT2D eigenvalue weighted by Gasteiger charge is -2.21. The molecular formula is C13H16BrNOS. The van der Waals surface area contributed by atoms with Crippen LogP contribution >= 0.6 is 15.9 Å². The zero-order valence-electron chi connectivity index (χ0n) is 10.2. The summed E-state index contributed by atoms with van der Waals surface area (Å²) in [6.45, 7) is 5.72. The van der Waals surface area contributed by atoms with Crippen LogP contribution in [0.3, 0.4) is 0 Å². The standard InChI is InChI=1S/C13H16BrNOS/c1-5-12(15-17(16)13(2,3)4)10-6-8-11(14)9-7-10/h1,6-9,12,15H,2-4H3/t12-,17?/m1/s1. The molecule has 0 aromatic heterocycles. The summed E-state index contributed by atoms with van der Waals surface area (Å²) in [7, 11) is -1.18. The number of rotatable bonds is 3. The van der Waals surface area contributed by atoms with Crippen molar-refractivity contribution in [3.05, 3.63) is 34.3 Å². The summed E-state index contributed by atoms with van der Waals surface area (Å²) in [5.41, 5.74) is 0.938. The lowest BCUT2D eigenvalue weighted by Crippen LogP contribution is -2.35. The molecule has 0 amide bonds. The van der Waals surface area contributed by atoms with Crippen molar-refractivity contribution >= 4 is 26.9 Å². The first kappa shape index (κ1) is 14.4. The van der Waals surface area contributed by atoms with E-state index in [0.29, 0.717) is 0 Å². The van der Waals surface area contributed by atoms with Crippen molar-refractivity contribution in [3.63, 3.8) is 0 Å². The molecule has 4 heteroatoms. The van der Waals surface area contributed by atoms with Gasteiger partial charge < -0.3 is 0 Å². The van der Waals surface area contributed by atoms with E-state index < -0.39 is 11.0 Å². The second-order valence-electron chi connectivity index (χ2n) is 4.65. The third-order valence-electron chi connectivity index (χ3n) is 2.15. The fourth-order valence-electron chi connectivity index (χ4n) is 1.14. The summed E-state index contributed by atoms with van der Waals surface area (Å²) in [5.74, 6) is 2.62. The molecule has 0 heterocycles. The normalized spacial score (nSPS) is 15.0. The van der Waals surface area contributed by atoms with E-state index in [-0.39, 0.29) is 10.8 Å². The van der Waals surface area contributed by atoms with Crippen molar-refractivity contribution in [1.29, 1.82) is 0 Å². The molecule has 1 unspecified atom stereocenters.